The van der Waals surface area contributed by atoms with Crippen LogP contribution in [0.2, 0.25) is 0 Å². The molecule has 0 aliphatic carbocycles. The number of para-hydroxylation sites is 1. The first kappa shape index (κ1) is 26.4. The van der Waals surface area contributed by atoms with Gasteiger partial charge in [0.25, 0.3) is 0 Å². The number of rotatable bonds is 2. The van der Waals surface area contributed by atoms with Crippen molar-refractivity contribution in [3.05, 3.63) is 87.0 Å². The van der Waals surface area contributed by atoms with Crippen LogP contribution in [0.1, 0.15) is 86.1 Å². The van der Waals surface area contributed by atoms with E-state index >= 15 is 0 Å². The average molecular weight is 507 g/mol. The summed E-state index contributed by atoms with van der Waals surface area (Å²) in [4.78, 5) is 0. The van der Waals surface area contributed by atoms with Crippen molar-refractivity contribution in [2.24, 2.45) is 0 Å². The van der Waals surface area contributed by atoms with E-state index in [-0.39, 0.29) is 10.8 Å². The Labute approximate surface area is 216 Å². The van der Waals surface area contributed by atoms with Crippen LogP contribution in [0.5, 0.6) is 17.2 Å². The molecule has 192 valence electrons. The lowest BCUT2D eigenvalue weighted by Crippen LogP contribution is -2.21. The van der Waals surface area contributed by atoms with Crippen LogP contribution in [0.15, 0.2) is 42.5 Å². The Morgan fingerprint density at radius 2 is 1.14 bits per heavy atom. The molecule has 1 aliphatic heterocycles. The standard InChI is InChI=1S/C31H39O4P/c1-19-14-23-18-24-15-20(2)17-26(31(8,9)10)29(24)35-36(32,33-27-21(3)12-11-13-22(27)4)34-28(23)25(16-19)30(5,6)7/h11-17H,18H2,1-10H3. The van der Waals surface area contributed by atoms with Crippen LogP contribution >= 0.6 is 7.82 Å². The Bertz CT molecular complexity index is 1280. The third-order valence-electron chi connectivity index (χ3n) is 6.64. The Hall–Kier alpha value is -2.71. The molecule has 0 N–H and O–H groups in total. The molecule has 4 rings (SSSR count). The van der Waals surface area contributed by atoms with Gasteiger partial charge in [-0.15, -0.1) is 0 Å². The van der Waals surface area contributed by atoms with Gasteiger partial charge in [-0.05, 0) is 60.8 Å². The maximum absolute atomic E-state index is 14.7. The smallest absolute Gasteiger partial charge is 0.385 e. The number of phosphoric ester groups is 1. The van der Waals surface area contributed by atoms with Crippen LogP contribution in [0.4, 0.5) is 0 Å². The summed E-state index contributed by atoms with van der Waals surface area (Å²) in [5, 5.41) is 0. The molecule has 5 heteroatoms. The van der Waals surface area contributed by atoms with Crippen molar-refractivity contribution in [2.75, 3.05) is 0 Å². The largest absolute Gasteiger partial charge is 0.647 e. The van der Waals surface area contributed by atoms with Crippen LogP contribution < -0.4 is 13.6 Å². The zero-order valence-corrected chi connectivity index (χ0v) is 24.2. The molecule has 3 aromatic rings. The van der Waals surface area contributed by atoms with E-state index in [4.69, 9.17) is 13.6 Å². The van der Waals surface area contributed by atoms with Crippen LogP contribution in [-0.4, -0.2) is 0 Å². The fraction of sp³-hybridized carbons (Fsp3) is 0.419. The van der Waals surface area contributed by atoms with E-state index in [1.807, 2.05) is 32.0 Å². The van der Waals surface area contributed by atoms with Gasteiger partial charge in [0, 0.05) is 17.5 Å². The van der Waals surface area contributed by atoms with Crippen LogP contribution in [-0.2, 0) is 21.8 Å². The molecule has 0 fully saturated rings. The molecule has 3 aromatic carbocycles. The number of aryl methyl sites for hydroxylation is 4. The van der Waals surface area contributed by atoms with Gasteiger partial charge in [-0.2, -0.15) is 4.57 Å². The van der Waals surface area contributed by atoms with Gasteiger partial charge in [-0.3, -0.25) is 0 Å². The van der Waals surface area contributed by atoms with Gasteiger partial charge in [0.1, 0.15) is 17.2 Å². The SMILES string of the molecule is Cc1cc2c(c(C(C)(C)C)c1)OP(=O)(Oc1c(C)cccc1C)Oc1c(cc(C)cc1C(C)(C)C)C2. The van der Waals surface area contributed by atoms with Crippen molar-refractivity contribution in [3.63, 3.8) is 0 Å². The summed E-state index contributed by atoms with van der Waals surface area (Å²) in [6.07, 6.45) is 0.615. The predicted octanol–water partition coefficient (Wildman–Crippen LogP) is 9.06. The molecule has 0 bridgehead atoms. The van der Waals surface area contributed by atoms with Gasteiger partial charge < -0.3 is 13.6 Å². The van der Waals surface area contributed by atoms with Gasteiger partial charge in [-0.25, -0.2) is 0 Å². The van der Waals surface area contributed by atoms with E-state index in [1.54, 1.807) is 0 Å². The second-order valence-electron chi connectivity index (χ2n) is 12.2. The molecule has 0 aromatic heterocycles. The predicted molar refractivity (Wildman–Crippen MR) is 148 cm³/mol. The fourth-order valence-corrected chi connectivity index (χ4v) is 6.33. The van der Waals surface area contributed by atoms with Crippen molar-refractivity contribution in [3.8, 4) is 17.2 Å². The first-order valence-electron chi connectivity index (χ1n) is 12.6. The first-order chi connectivity index (χ1) is 16.6. The normalized spacial score (nSPS) is 15.1. The molecule has 0 spiro atoms. The summed E-state index contributed by atoms with van der Waals surface area (Å²) in [6, 6.07) is 14.3. The first-order valence-corrected chi connectivity index (χ1v) is 14.1. The number of benzene rings is 3. The number of hydrogen-bond donors (Lipinski definition) is 0. The van der Waals surface area contributed by atoms with E-state index in [0.717, 1.165) is 44.5 Å². The monoisotopic (exact) mass is 506 g/mol. The number of fused-ring (bicyclic) bond motifs is 2. The molecule has 0 atom stereocenters. The van der Waals surface area contributed by atoms with Crippen LogP contribution in [0, 0.1) is 27.7 Å². The Morgan fingerprint density at radius 1 is 0.722 bits per heavy atom. The second kappa shape index (κ2) is 8.99. The van der Waals surface area contributed by atoms with Crippen molar-refractivity contribution in [2.45, 2.75) is 86.5 Å². The van der Waals surface area contributed by atoms with Gasteiger partial charge in [0.15, 0.2) is 0 Å². The molecule has 0 radical (unpaired) electrons. The topological polar surface area (TPSA) is 44.8 Å². The third-order valence-corrected chi connectivity index (χ3v) is 7.85. The van der Waals surface area contributed by atoms with E-state index in [1.165, 1.54) is 0 Å². The Balaban J connectivity index is 2.03. The summed E-state index contributed by atoms with van der Waals surface area (Å²) in [5.74, 6) is 1.71. The van der Waals surface area contributed by atoms with E-state index in [2.05, 4.69) is 79.7 Å². The maximum atomic E-state index is 14.7. The van der Waals surface area contributed by atoms with E-state index in [9.17, 15) is 4.57 Å². The minimum atomic E-state index is -4.15. The van der Waals surface area contributed by atoms with Gasteiger partial charge in [0.2, 0.25) is 0 Å². The quantitative estimate of drug-likeness (QED) is 0.325. The van der Waals surface area contributed by atoms with Crippen molar-refractivity contribution < 1.29 is 18.1 Å². The van der Waals surface area contributed by atoms with E-state index in [0.29, 0.717) is 23.7 Å². The summed E-state index contributed by atoms with van der Waals surface area (Å²) in [7, 11) is -4.15. The summed E-state index contributed by atoms with van der Waals surface area (Å²) < 4.78 is 33.8. The number of hydrogen-bond acceptors (Lipinski definition) is 4. The molecule has 4 nitrogen and oxygen atoms in total. The molecule has 0 saturated carbocycles. The lowest BCUT2D eigenvalue weighted by Gasteiger charge is -2.32. The zero-order valence-electron chi connectivity index (χ0n) is 23.3. The Morgan fingerprint density at radius 3 is 1.53 bits per heavy atom. The van der Waals surface area contributed by atoms with Gasteiger partial charge in [-0.1, -0.05) is 95.1 Å². The minimum Gasteiger partial charge on any atom is -0.385 e. The average Bonchev–Trinajstić information content (AvgIpc) is 2.72. The third kappa shape index (κ3) is 5.20. The molecule has 0 unspecified atom stereocenters. The van der Waals surface area contributed by atoms with Crippen LogP contribution in [0.25, 0.3) is 0 Å². The van der Waals surface area contributed by atoms with Gasteiger partial charge in [0.05, 0.1) is 0 Å². The molecule has 0 amide bonds. The molecular formula is C31H39O4P. The molecule has 1 aliphatic rings. The van der Waals surface area contributed by atoms with Crippen LogP contribution in [0.3, 0.4) is 0 Å². The molecule has 0 saturated heterocycles. The highest BCUT2D eigenvalue weighted by molar-refractivity contribution is 7.49. The lowest BCUT2D eigenvalue weighted by molar-refractivity contribution is 0.287. The molecular weight excluding hydrogens is 467 g/mol. The summed E-state index contributed by atoms with van der Waals surface area (Å²) >= 11 is 0. The zero-order chi connectivity index (χ0) is 26.6. The highest BCUT2D eigenvalue weighted by atomic mass is 31.2. The highest BCUT2D eigenvalue weighted by Crippen LogP contribution is 2.57. The van der Waals surface area contributed by atoms with E-state index < -0.39 is 7.82 Å². The maximum Gasteiger partial charge on any atom is 0.647 e. The minimum absolute atomic E-state index is 0.231. The van der Waals surface area contributed by atoms with Gasteiger partial charge >= 0.3 is 7.82 Å². The highest BCUT2D eigenvalue weighted by Gasteiger charge is 2.41. The Kier molecular flexibility index (Phi) is 6.58. The second-order valence-corrected chi connectivity index (χ2v) is 13.7. The van der Waals surface area contributed by atoms with Crippen molar-refractivity contribution >= 4 is 7.82 Å². The van der Waals surface area contributed by atoms with Crippen molar-refractivity contribution in [1.82, 2.24) is 0 Å². The fourth-order valence-electron chi connectivity index (χ4n) is 4.83. The van der Waals surface area contributed by atoms with Crippen molar-refractivity contribution in [1.29, 1.82) is 0 Å². The molecule has 36 heavy (non-hydrogen) atoms. The number of phosphoric acid groups is 1. The summed E-state index contributed by atoms with van der Waals surface area (Å²) in [6.45, 7) is 20.9. The summed E-state index contributed by atoms with van der Waals surface area (Å²) in [5.41, 5.74) is 7.51. The molecule has 1 heterocycles. The lowest BCUT2D eigenvalue weighted by atomic mass is 9.81.